The fraction of sp³-hybridized carbons (Fsp3) is 0.476. The van der Waals surface area contributed by atoms with Gasteiger partial charge in [-0.3, -0.25) is 4.79 Å². The molecule has 1 aliphatic rings. The van der Waals surface area contributed by atoms with Crippen molar-refractivity contribution in [2.24, 2.45) is 11.3 Å². The van der Waals surface area contributed by atoms with E-state index in [1.807, 2.05) is 0 Å². The van der Waals surface area contributed by atoms with Crippen LogP contribution in [0.25, 0.3) is 10.2 Å². The van der Waals surface area contributed by atoms with E-state index in [0.717, 1.165) is 29.5 Å². The largest absolute Gasteiger partial charge is 0.463 e. The predicted molar refractivity (Wildman–Crippen MR) is 115 cm³/mol. The van der Waals surface area contributed by atoms with Crippen LogP contribution in [0.15, 0.2) is 26.5 Å². The third-order valence-electron chi connectivity index (χ3n) is 5.52. The topological polar surface area (TPSA) is 85.2 Å². The van der Waals surface area contributed by atoms with Crippen LogP contribution in [0.1, 0.15) is 53.9 Å². The van der Waals surface area contributed by atoms with Gasteiger partial charge in [0.15, 0.2) is 5.16 Å². The van der Waals surface area contributed by atoms with E-state index in [2.05, 4.69) is 30.5 Å². The van der Waals surface area contributed by atoms with Crippen molar-refractivity contribution < 1.29 is 13.9 Å². The number of nitrogens with zero attached hydrogens (tertiary/aromatic N) is 1. The molecule has 29 heavy (non-hydrogen) atoms. The van der Waals surface area contributed by atoms with Gasteiger partial charge in [-0.05, 0) is 48.3 Å². The number of furan rings is 1. The number of rotatable bonds is 4. The fourth-order valence-electron chi connectivity index (χ4n) is 3.78. The maximum atomic E-state index is 12.8. The first-order valence-electron chi connectivity index (χ1n) is 9.60. The lowest BCUT2D eigenvalue weighted by atomic mass is 9.72. The van der Waals surface area contributed by atoms with Gasteiger partial charge in [0.05, 0.1) is 18.2 Å². The Bertz CT molecular complexity index is 1120. The van der Waals surface area contributed by atoms with E-state index in [4.69, 9.17) is 9.40 Å². The van der Waals surface area contributed by atoms with Crippen LogP contribution in [-0.4, -0.2) is 23.0 Å². The van der Waals surface area contributed by atoms with Crippen LogP contribution in [0.4, 0.5) is 0 Å². The minimum absolute atomic E-state index is 0.0705. The lowest BCUT2D eigenvalue weighted by Crippen LogP contribution is -2.26. The highest BCUT2D eigenvalue weighted by molar-refractivity contribution is 7.98. The summed E-state index contributed by atoms with van der Waals surface area (Å²) in [5, 5.41) is 1.32. The molecule has 1 N–H and O–H groups in total. The van der Waals surface area contributed by atoms with Crippen molar-refractivity contribution in [1.29, 1.82) is 0 Å². The number of carbonyl (C=O) groups excluding carboxylic acids is 1. The molecular formula is C21H24N2O4S2. The summed E-state index contributed by atoms with van der Waals surface area (Å²) in [6.07, 6.45) is 3.07. The molecule has 0 spiro atoms. The molecule has 3 aromatic heterocycles. The Morgan fingerprint density at radius 1 is 1.41 bits per heavy atom. The van der Waals surface area contributed by atoms with Crippen LogP contribution in [0.2, 0.25) is 0 Å². The first kappa shape index (κ1) is 20.2. The first-order valence-corrected chi connectivity index (χ1v) is 11.4. The molecule has 0 saturated heterocycles. The molecule has 4 rings (SSSR count). The van der Waals surface area contributed by atoms with Crippen LogP contribution < -0.4 is 5.56 Å². The molecule has 0 fully saturated rings. The zero-order valence-corrected chi connectivity index (χ0v) is 18.6. The molecular weight excluding hydrogens is 408 g/mol. The normalized spacial score (nSPS) is 16.8. The van der Waals surface area contributed by atoms with Crippen LogP contribution in [-0.2, 0) is 23.3 Å². The Morgan fingerprint density at radius 2 is 2.21 bits per heavy atom. The highest BCUT2D eigenvalue weighted by Crippen LogP contribution is 2.42. The van der Waals surface area contributed by atoms with Gasteiger partial charge in [-0.15, -0.1) is 11.3 Å². The quantitative estimate of drug-likeness (QED) is 0.362. The first-order chi connectivity index (χ1) is 13.8. The second-order valence-corrected chi connectivity index (χ2v) is 10.5. The van der Waals surface area contributed by atoms with Crippen molar-refractivity contribution in [1.82, 2.24) is 9.97 Å². The summed E-state index contributed by atoms with van der Waals surface area (Å²) >= 11 is 3.03. The van der Waals surface area contributed by atoms with Crippen molar-refractivity contribution in [2.45, 2.75) is 50.9 Å². The molecule has 3 heterocycles. The number of ether oxygens (including phenoxy) is 1. The zero-order valence-electron chi connectivity index (χ0n) is 17.0. The SMILES string of the molecule is COC(=O)c1ccc(CSc2nc3sc4c(c3c(=O)[nH]2)CCC(C(C)(C)C)C4)o1. The van der Waals surface area contributed by atoms with E-state index in [1.54, 1.807) is 23.5 Å². The predicted octanol–water partition coefficient (Wildman–Crippen LogP) is 4.81. The Hall–Kier alpha value is -2.06. The third kappa shape index (κ3) is 4.00. The molecule has 1 atom stereocenters. The second kappa shape index (κ2) is 7.65. The number of aromatic amines is 1. The number of thiophene rings is 1. The summed E-state index contributed by atoms with van der Waals surface area (Å²) in [4.78, 5) is 34.0. The number of hydrogen-bond acceptors (Lipinski definition) is 7. The number of esters is 1. The van der Waals surface area contributed by atoms with Gasteiger partial charge < -0.3 is 14.1 Å². The van der Waals surface area contributed by atoms with Gasteiger partial charge in [-0.2, -0.15) is 0 Å². The molecule has 0 bridgehead atoms. The lowest BCUT2D eigenvalue weighted by Gasteiger charge is -2.33. The Morgan fingerprint density at radius 3 is 2.93 bits per heavy atom. The molecule has 0 radical (unpaired) electrons. The van der Waals surface area contributed by atoms with Crippen LogP contribution in [0.3, 0.4) is 0 Å². The summed E-state index contributed by atoms with van der Waals surface area (Å²) in [6.45, 7) is 6.86. The van der Waals surface area contributed by atoms with E-state index < -0.39 is 5.97 Å². The minimum Gasteiger partial charge on any atom is -0.463 e. The van der Waals surface area contributed by atoms with Crippen molar-refractivity contribution in [3.63, 3.8) is 0 Å². The van der Waals surface area contributed by atoms with Gasteiger partial charge in [0, 0.05) is 4.88 Å². The van der Waals surface area contributed by atoms with Crippen LogP contribution >= 0.6 is 23.1 Å². The maximum absolute atomic E-state index is 12.8. The number of fused-ring (bicyclic) bond motifs is 3. The van der Waals surface area contributed by atoms with E-state index in [-0.39, 0.29) is 16.7 Å². The van der Waals surface area contributed by atoms with Gasteiger partial charge in [-0.25, -0.2) is 9.78 Å². The smallest absolute Gasteiger partial charge is 0.373 e. The van der Waals surface area contributed by atoms with Crippen molar-refractivity contribution in [3.8, 4) is 0 Å². The average Bonchev–Trinajstić information content (AvgIpc) is 3.28. The van der Waals surface area contributed by atoms with Gasteiger partial charge in [-0.1, -0.05) is 32.5 Å². The molecule has 0 aromatic carbocycles. The third-order valence-corrected chi connectivity index (χ3v) is 7.57. The number of aromatic nitrogens is 2. The lowest BCUT2D eigenvalue weighted by molar-refractivity contribution is 0.0563. The highest BCUT2D eigenvalue weighted by atomic mass is 32.2. The maximum Gasteiger partial charge on any atom is 0.373 e. The van der Waals surface area contributed by atoms with Gasteiger partial charge in [0.2, 0.25) is 5.76 Å². The van der Waals surface area contributed by atoms with Gasteiger partial charge in [0.1, 0.15) is 10.6 Å². The van der Waals surface area contributed by atoms with Crippen molar-refractivity contribution in [3.05, 3.63) is 44.4 Å². The molecule has 1 unspecified atom stereocenters. The van der Waals surface area contributed by atoms with Crippen LogP contribution in [0.5, 0.6) is 0 Å². The summed E-state index contributed by atoms with van der Waals surface area (Å²) < 4.78 is 10.1. The van der Waals surface area contributed by atoms with Crippen LogP contribution in [0, 0.1) is 11.3 Å². The molecule has 0 amide bonds. The number of methoxy groups -OCH3 is 1. The summed E-state index contributed by atoms with van der Waals surface area (Å²) in [5.74, 6) is 1.37. The van der Waals surface area contributed by atoms with E-state index in [9.17, 15) is 9.59 Å². The highest BCUT2D eigenvalue weighted by Gasteiger charge is 2.31. The summed E-state index contributed by atoms with van der Waals surface area (Å²) in [6, 6.07) is 3.31. The average molecular weight is 433 g/mol. The summed E-state index contributed by atoms with van der Waals surface area (Å²) in [7, 11) is 1.31. The number of H-pyrrole nitrogens is 1. The monoisotopic (exact) mass is 432 g/mol. The molecule has 0 saturated carbocycles. The molecule has 3 aromatic rings. The standard InChI is InChI=1S/C21H24N2O4S2/c1-21(2,3)11-5-7-13-15(9-11)29-18-16(13)17(24)22-20(23-18)28-10-12-6-8-14(27-12)19(25)26-4/h6,8,11H,5,7,9-10H2,1-4H3,(H,22,23,24). The number of nitrogens with one attached hydrogen (secondary N) is 1. The number of hydrogen-bond donors (Lipinski definition) is 1. The minimum atomic E-state index is -0.507. The Labute approximate surface area is 177 Å². The Balaban J connectivity index is 1.56. The molecule has 154 valence electrons. The second-order valence-electron chi connectivity index (χ2n) is 8.41. The van der Waals surface area contributed by atoms with E-state index in [1.165, 1.54) is 29.3 Å². The van der Waals surface area contributed by atoms with Gasteiger partial charge in [0.25, 0.3) is 5.56 Å². The number of aryl methyl sites for hydroxylation is 1. The Kier molecular flexibility index (Phi) is 5.33. The van der Waals surface area contributed by atoms with Crippen molar-refractivity contribution >= 4 is 39.3 Å². The summed E-state index contributed by atoms with van der Waals surface area (Å²) in [5.41, 5.74) is 1.38. The van der Waals surface area contributed by atoms with E-state index in [0.29, 0.717) is 22.6 Å². The number of carbonyl (C=O) groups is 1. The zero-order chi connectivity index (χ0) is 20.8. The molecule has 0 aliphatic heterocycles. The number of thioether (sulfide) groups is 1. The molecule has 8 heteroatoms. The van der Waals surface area contributed by atoms with Crippen molar-refractivity contribution in [2.75, 3.05) is 7.11 Å². The van der Waals surface area contributed by atoms with Gasteiger partial charge >= 0.3 is 5.97 Å². The fourth-order valence-corrected chi connectivity index (χ4v) is 5.89. The molecule has 6 nitrogen and oxygen atoms in total. The molecule has 1 aliphatic carbocycles. The van der Waals surface area contributed by atoms with E-state index >= 15 is 0 Å².